The summed E-state index contributed by atoms with van der Waals surface area (Å²) in [5.41, 5.74) is 6.17. The molecule has 0 unspecified atom stereocenters. The van der Waals surface area contributed by atoms with E-state index in [-0.39, 0.29) is 5.75 Å². The second-order valence-corrected chi connectivity index (χ2v) is 4.53. The van der Waals surface area contributed by atoms with E-state index in [9.17, 15) is 9.59 Å². The summed E-state index contributed by atoms with van der Waals surface area (Å²) in [5, 5.41) is 4.96. The minimum Gasteiger partial charge on any atom is -0.399 e. The first kappa shape index (κ1) is 13.7. The summed E-state index contributed by atoms with van der Waals surface area (Å²) in [4.78, 5) is 22.9. The van der Waals surface area contributed by atoms with E-state index in [1.54, 1.807) is 18.2 Å². The van der Waals surface area contributed by atoms with Crippen LogP contribution in [0.1, 0.15) is 0 Å². The van der Waals surface area contributed by atoms with Crippen molar-refractivity contribution in [1.29, 1.82) is 0 Å². The van der Waals surface area contributed by atoms with E-state index >= 15 is 0 Å². The lowest BCUT2D eigenvalue weighted by atomic mass is 10.3. The normalized spacial score (nSPS) is 9.76. The third kappa shape index (κ3) is 4.54. The van der Waals surface area contributed by atoms with Crippen molar-refractivity contribution < 1.29 is 9.59 Å². The lowest BCUT2D eigenvalue weighted by molar-refractivity contribution is -0.117. The van der Waals surface area contributed by atoms with Gasteiger partial charge in [-0.3, -0.25) is 10.1 Å². The van der Waals surface area contributed by atoms with Gasteiger partial charge in [-0.05, 0) is 18.2 Å². The molecule has 17 heavy (non-hydrogen) atoms. The summed E-state index contributed by atoms with van der Waals surface area (Å²) in [6.45, 7) is 0. The van der Waals surface area contributed by atoms with Crippen molar-refractivity contribution in [2.45, 2.75) is 4.90 Å². The molecule has 0 heterocycles. The van der Waals surface area contributed by atoms with Crippen molar-refractivity contribution in [3.8, 4) is 0 Å². The highest BCUT2D eigenvalue weighted by Gasteiger charge is 2.08. The van der Waals surface area contributed by atoms with Gasteiger partial charge in [0.05, 0.1) is 10.8 Å². The third-order valence-corrected chi connectivity index (χ3v) is 3.29. The van der Waals surface area contributed by atoms with Crippen molar-refractivity contribution in [3.63, 3.8) is 0 Å². The number of amides is 3. The fourth-order valence-electron chi connectivity index (χ4n) is 0.999. The number of benzene rings is 1. The Balaban J connectivity index is 2.53. The molecule has 1 aromatic rings. The molecule has 0 saturated carbocycles. The molecule has 7 heteroatoms. The Hall–Kier alpha value is -1.40. The van der Waals surface area contributed by atoms with Crippen LogP contribution >= 0.6 is 23.4 Å². The highest BCUT2D eigenvalue weighted by molar-refractivity contribution is 8.00. The van der Waals surface area contributed by atoms with Gasteiger partial charge in [-0.25, -0.2) is 4.79 Å². The SMILES string of the molecule is CNC(=O)NC(=O)CSc1cc(N)ccc1Cl. The number of hydrogen-bond acceptors (Lipinski definition) is 4. The van der Waals surface area contributed by atoms with Gasteiger partial charge in [0.25, 0.3) is 0 Å². The van der Waals surface area contributed by atoms with Crippen LogP contribution in [0.2, 0.25) is 5.02 Å². The first-order valence-corrected chi connectivity index (χ1v) is 6.08. The van der Waals surface area contributed by atoms with E-state index in [0.29, 0.717) is 15.6 Å². The fraction of sp³-hybridized carbons (Fsp3) is 0.200. The molecule has 0 aliphatic rings. The van der Waals surface area contributed by atoms with Crippen molar-refractivity contribution in [2.24, 2.45) is 0 Å². The maximum atomic E-state index is 11.3. The number of carbonyl (C=O) groups excluding carboxylic acids is 2. The first-order valence-electron chi connectivity index (χ1n) is 4.72. The molecular weight excluding hydrogens is 262 g/mol. The van der Waals surface area contributed by atoms with Crippen LogP contribution in [0.25, 0.3) is 0 Å². The monoisotopic (exact) mass is 273 g/mol. The van der Waals surface area contributed by atoms with Gasteiger partial charge in [0.1, 0.15) is 0 Å². The predicted molar refractivity (Wildman–Crippen MR) is 69.2 cm³/mol. The van der Waals surface area contributed by atoms with E-state index in [1.807, 2.05) is 0 Å². The zero-order valence-electron chi connectivity index (χ0n) is 9.12. The molecule has 0 aliphatic heterocycles. The van der Waals surface area contributed by atoms with Crippen molar-refractivity contribution in [2.75, 3.05) is 18.5 Å². The second-order valence-electron chi connectivity index (χ2n) is 3.11. The van der Waals surface area contributed by atoms with Gasteiger partial charge in [-0.1, -0.05) is 11.6 Å². The minimum absolute atomic E-state index is 0.0938. The Morgan fingerprint density at radius 3 is 2.82 bits per heavy atom. The van der Waals surface area contributed by atoms with Gasteiger partial charge in [0.2, 0.25) is 5.91 Å². The van der Waals surface area contributed by atoms with E-state index < -0.39 is 11.9 Å². The maximum Gasteiger partial charge on any atom is 0.321 e. The number of nitrogens with two attached hydrogens (primary N) is 1. The second kappa shape index (κ2) is 6.36. The lowest BCUT2D eigenvalue weighted by Gasteiger charge is -2.05. The maximum absolute atomic E-state index is 11.3. The lowest BCUT2D eigenvalue weighted by Crippen LogP contribution is -2.38. The van der Waals surface area contributed by atoms with E-state index in [2.05, 4.69) is 10.6 Å². The molecule has 1 aromatic carbocycles. The highest BCUT2D eigenvalue weighted by atomic mass is 35.5. The number of carbonyl (C=O) groups is 2. The molecule has 1 rings (SSSR count). The summed E-state index contributed by atoms with van der Waals surface area (Å²) < 4.78 is 0. The Kier molecular flexibility index (Phi) is 5.11. The summed E-state index contributed by atoms with van der Waals surface area (Å²) in [6, 6.07) is 4.49. The van der Waals surface area contributed by atoms with Gasteiger partial charge in [-0.15, -0.1) is 11.8 Å². The van der Waals surface area contributed by atoms with Crippen molar-refractivity contribution in [3.05, 3.63) is 23.2 Å². The number of imide groups is 1. The van der Waals surface area contributed by atoms with Crippen LogP contribution in [0.15, 0.2) is 23.1 Å². The average molecular weight is 274 g/mol. The number of anilines is 1. The minimum atomic E-state index is -0.533. The summed E-state index contributed by atoms with van der Waals surface area (Å²) in [7, 11) is 1.44. The Bertz CT molecular complexity index is 440. The van der Waals surface area contributed by atoms with Gasteiger partial charge in [-0.2, -0.15) is 0 Å². The fourth-order valence-corrected chi connectivity index (χ4v) is 2.06. The number of thioether (sulfide) groups is 1. The largest absolute Gasteiger partial charge is 0.399 e. The van der Waals surface area contributed by atoms with Crippen molar-refractivity contribution in [1.82, 2.24) is 10.6 Å². The average Bonchev–Trinajstić information content (AvgIpc) is 2.30. The van der Waals surface area contributed by atoms with Crippen LogP contribution in [0, 0.1) is 0 Å². The molecule has 5 nitrogen and oxygen atoms in total. The Labute approximate surface area is 108 Å². The molecule has 0 bridgehead atoms. The zero-order chi connectivity index (χ0) is 12.8. The van der Waals surface area contributed by atoms with Gasteiger partial charge in [0.15, 0.2) is 0 Å². The van der Waals surface area contributed by atoms with Crippen LogP contribution < -0.4 is 16.4 Å². The molecule has 92 valence electrons. The quantitative estimate of drug-likeness (QED) is 0.575. The number of nitrogen functional groups attached to an aromatic ring is 1. The van der Waals surface area contributed by atoms with Crippen LogP contribution in [0.3, 0.4) is 0 Å². The molecular formula is C10H12ClN3O2S. The predicted octanol–water partition coefficient (Wildman–Crippen LogP) is 1.47. The molecule has 0 saturated heterocycles. The first-order chi connectivity index (χ1) is 8.02. The Morgan fingerprint density at radius 1 is 1.47 bits per heavy atom. The molecule has 3 amide bonds. The standard InChI is InChI=1S/C10H12ClN3O2S/c1-13-10(16)14-9(15)5-17-8-4-6(12)2-3-7(8)11/h2-4H,5,12H2,1H3,(H2,13,14,15,16). The third-order valence-electron chi connectivity index (χ3n) is 1.79. The van der Waals surface area contributed by atoms with E-state index in [0.717, 1.165) is 0 Å². The number of rotatable bonds is 3. The number of urea groups is 1. The molecule has 0 atom stereocenters. The summed E-state index contributed by atoms with van der Waals surface area (Å²) in [6.07, 6.45) is 0. The van der Waals surface area contributed by atoms with Crippen LogP contribution in [0.5, 0.6) is 0 Å². The zero-order valence-corrected chi connectivity index (χ0v) is 10.7. The number of hydrogen-bond donors (Lipinski definition) is 3. The summed E-state index contributed by atoms with van der Waals surface area (Å²) in [5.74, 6) is -0.302. The van der Waals surface area contributed by atoms with Gasteiger partial charge in [0, 0.05) is 17.6 Å². The van der Waals surface area contributed by atoms with Gasteiger partial charge >= 0.3 is 6.03 Å². The van der Waals surface area contributed by atoms with Crippen LogP contribution in [0.4, 0.5) is 10.5 Å². The van der Waals surface area contributed by atoms with Crippen LogP contribution in [-0.4, -0.2) is 24.7 Å². The van der Waals surface area contributed by atoms with E-state index in [1.165, 1.54) is 18.8 Å². The van der Waals surface area contributed by atoms with Crippen LogP contribution in [-0.2, 0) is 4.79 Å². The molecule has 0 radical (unpaired) electrons. The number of nitrogens with one attached hydrogen (secondary N) is 2. The molecule has 0 aliphatic carbocycles. The van der Waals surface area contributed by atoms with Gasteiger partial charge < -0.3 is 11.1 Å². The molecule has 0 spiro atoms. The number of halogens is 1. The Morgan fingerprint density at radius 2 is 2.18 bits per heavy atom. The molecule has 0 fully saturated rings. The van der Waals surface area contributed by atoms with Crippen molar-refractivity contribution >= 4 is 41.0 Å². The summed E-state index contributed by atoms with van der Waals surface area (Å²) >= 11 is 7.14. The van der Waals surface area contributed by atoms with E-state index in [4.69, 9.17) is 17.3 Å². The molecule has 0 aromatic heterocycles. The highest BCUT2D eigenvalue weighted by Crippen LogP contribution is 2.28. The molecule has 4 N–H and O–H groups in total. The topological polar surface area (TPSA) is 84.2 Å². The smallest absolute Gasteiger partial charge is 0.321 e.